The van der Waals surface area contributed by atoms with E-state index in [1.54, 1.807) is 12.4 Å². The van der Waals surface area contributed by atoms with E-state index in [1.807, 2.05) is 30.6 Å². The maximum atomic E-state index is 9.92. The summed E-state index contributed by atoms with van der Waals surface area (Å²) in [6.45, 7) is 0.585. The van der Waals surface area contributed by atoms with Crippen molar-refractivity contribution >= 4 is 5.69 Å². The van der Waals surface area contributed by atoms with Gasteiger partial charge in [0.1, 0.15) is 0 Å². The predicted molar refractivity (Wildman–Crippen MR) is 74.7 cm³/mol. The lowest BCUT2D eigenvalue weighted by atomic mass is 10.1. The minimum atomic E-state index is -0.255. The molecule has 1 unspecified atom stereocenters. The highest BCUT2D eigenvalue weighted by Crippen LogP contribution is 2.33. The normalized spacial score (nSPS) is 16.1. The highest BCUT2D eigenvalue weighted by Gasteiger charge is 2.29. The summed E-state index contributed by atoms with van der Waals surface area (Å²) in [6.07, 6.45) is 9.19. The fraction of sp³-hybridized carbons (Fsp3) is 0.333. The van der Waals surface area contributed by atoms with Gasteiger partial charge in [0.2, 0.25) is 0 Å². The molecule has 2 N–H and O–H groups in total. The Kier molecular flexibility index (Phi) is 3.42. The topological polar surface area (TPSA) is 58.0 Å². The number of aliphatic hydroxyl groups excluding tert-OH is 1. The van der Waals surface area contributed by atoms with Crippen LogP contribution in [-0.2, 0) is 0 Å². The zero-order valence-corrected chi connectivity index (χ0v) is 10.7. The molecule has 0 amide bonds. The van der Waals surface area contributed by atoms with Crippen molar-refractivity contribution in [2.75, 3.05) is 11.9 Å². The van der Waals surface area contributed by atoms with E-state index in [4.69, 9.17) is 0 Å². The minimum Gasteiger partial charge on any atom is -0.391 e. The van der Waals surface area contributed by atoms with E-state index in [2.05, 4.69) is 15.3 Å². The molecule has 0 aromatic carbocycles. The van der Waals surface area contributed by atoms with Gasteiger partial charge in [-0.3, -0.25) is 9.97 Å². The van der Waals surface area contributed by atoms with Crippen molar-refractivity contribution in [1.29, 1.82) is 0 Å². The predicted octanol–water partition coefficient (Wildman–Crippen LogP) is 2.33. The maximum Gasteiger partial charge on any atom is 0.0740 e. The van der Waals surface area contributed by atoms with E-state index in [9.17, 15) is 5.11 Å². The second kappa shape index (κ2) is 5.36. The second-order valence-corrected chi connectivity index (χ2v) is 4.95. The lowest BCUT2D eigenvalue weighted by Crippen LogP contribution is -2.21. The van der Waals surface area contributed by atoms with E-state index in [0.29, 0.717) is 12.5 Å². The summed E-state index contributed by atoms with van der Waals surface area (Å²) in [5, 5.41) is 13.2. The van der Waals surface area contributed by atoms with Crippen molar-refractivity contribution in [2.24, 2.45) is 5.92 Å². The van der Waals surface area contributed by atoms with Crippen molar-refractivity contribution in [3.8, 4) is 11.1 Å². The molecular formula is C15H17N3O. The van der Waals surface area contributed by atoms with Crippen LogP contribution in [0.25, 0.3) is 11.1 Å². The molecule has 2 aromatic rings. The van der Waals surface area contributed by atoms with Crippen LogP contribution >= 0.6 is 0 Å². The molecule has 1 aliphatic carbocycles. The van der Waals surface area contributed by atoms with Gasteiger partial charge in [0.05, 0.1) is 6.10 Å². The van der Waals surface area contributed by atoms with Crippen LogP contribution in [0.1, 0.15) is 12.8 Å². The molecule has 1 saturated carbocycles. The van der Waals surface area contributed by atoms with Crippen LogP contribution < -0.4 is 5.32 Å². The SMILES string of the molecule is OC(CNc1ccncc1-c1cccnc1)C1CC1. The van der Waals surface area contributed by atoms with Gasteiger partial charge in [-0.1, -0.05) is 6.07 Å². The lowest BCUT2D eigenvalue weighted by Gasteiger charge is -2.14. The molecule has 2 heterocycles. The van der Waals surface area contributed by atoms with Crippen LogP contribution in [0.3, 0.4) is 0 Å². The Balaban J connectivity index is 1.77. The standard InChI is InChI=1S/C15H17N3O/c19-15(11-3-4-11)10-18-14-5-7-17-9-13(14)12-2-1-6-16-8-12/h1-2,5-9,11,15,19H,3-4,10H2,(H,17,18). The summed E-state index contributed by atoms with van der Waals surface area (Å²) in [5.74, 6) is 0.483. The van der Waals surface area contributed by atoms with Gasteiger partial charge in [0.15, 0.2) is 0 Å². The Morgan fingerprint density at radius 2 is 2.05 bits per heavy atom. The van der Waals surface area contributed by atoms with Gasteiger partial charge in [-0.15, -0.1) is 0 Å². The molecule has 19 heavy (non-hydrogen) atoms. The first-order valence-electron chi connectivity index (χ1n) is 6.61. The van der Waals surface area contributed by atoms with Crippen molar-refractivity contribution < 1.29 is 5.11 Å². The van der Waals surface area contributed by atoms with E-state index in [-0.39, 0.29) is 6.10 Å². The summed E-state index contributed by atoms with van der Waals surface area (Å²) in [6, 6.07) is 5.85. The minimum absolute atomic E-state index is 0.255. The Labute approximate surface area is 112 Å². The molecule has 0 spiro atoms. The monoisotopic (exact) mass is 255 g/mol. The molecule has 1 atom stereocenters. The molecule has 0 radical (unpaired) electrons. The van der Waals surface area contributed by atoms with Gasteiger partial charge in [0, 0.05) is 48.1 Å². The van der Waals surface area contributed by atoms with E-state index in [0.717, 1.165) is 29.7 Å². The fourth-order valence-electron chi connectivity index (χ4n) is 2.16. The molecule has 4 nitrogen and oxygen atoms in total. The lowest BCUT2D eigenvalue weighted by molar-refractivity contribution is 0.164. The maximum absolute atomic E-state index is 9.92. The molecule has 0 saturated heterocycles. The van der Waals surface area contributed by atoms with Crippen LogP contribution in [0.2, 0.25) is 0 Å². The molecule has 0 bridgehead atoms. The van der Waals surface area contributed by atoms with Crippen LogP contribution in [0.5, 0.6) is 0 Å². The first-order valence-corrected chi connectivity index (χ1v) is 6.61. The second-order valence-electron chi connectivity index (χ2n) is 4.95. The van der Waals surface area contributed by atoms with Gasteiger partial charge in [-0.25, -0.2) is 0 Å². The third kappa shape index (κ3) is 2.90. The number of nitrogens with one attached hydrogen (secondary N) is 1. The van der Waals surface area contributed by atoms with Crippen LogP contribution in [0.15, 0.2) is 43.0 Å². The van der Waals surface area contributed by atoms with Crippen molar-refractivity contribution in [2.45, 2.75) is 18.9 Å². The van der Waals surface area contributed by atoms with Crippen molar-refractivity contribution in [3.63, 3.8) is 0 Å². The largest absolute Gasteiger partial charge is 0.391 e. The Morgan fingerprint density at radius 3 is 2.79 bits per heavy atom. The number of hydrogen-bond acceptors (Lipinski definition) is 4. The number of hydrogen-bond donors (Lipinski definition) is 2. The Morgan fingerprint density at radius 1 is 1.21 bits per heavy atom. The van der Waals surface area contributed by atoms with Gasteiger partial charge in [-0.05, 0) is 30.9 Å². The summed E-state index contributed by atoms with van der Waals surface area (Å²) in [4.78, 5) is 8.30. The average molecular weight is 255 g/mol. The third-order valence-electron chi connectivity index (χ3n) is 3.46. The third-order valence-corrected chi connectivity index (χ3v) is 3.46. The molecule has 0 aliphatic heterocycles. The molecule has 3 rings (SSSR count). The average Bonchev–Trinajstić information content (AvgIpc) is 3.31. The summed E-state index contributed by atoms with van der Waals surface area (Å²) >= 11 is 0. The molecule has 1 fully saturated rings. The summed E-state index contributed by atoms with van der Waals surface area (Å²) < 4.78 is 0. The molecule has 98 valence electrons. The van der Waals surface area contributed by atoms with Crippen LogP contribution in [0, 0.1) is 5.92 Å². The number of anilines is 1. The highest BCUT2D eigenvalue weighted by atomic mass is 16.3. The van der Waals surface area contributed by atoms with E-state index in [1.165, 1.54) is 0 Å². The number of rotatable bonds is 5. The van der Waals surface area contributed by atoms with Crippen molar-refractivity contribution in [1.82, 2.24) is 9.97 Å². The molecular weight excluding hydrogens is 238 g/mol. The number of pyridine rings is 2. The fourth-order valence-corrected chi connectivity index (χ4v) is 2.16. The number of aromatic nitrogens is 2. The van der Waals surface area contributed by atoms with Gasteiger partial charge >= 0.3 is 0 Å². The summed E-state index contributed by atoms with van der Waals surface area (Å²) in [5.41, 5.74) is 3.03. The molecule has 2 aromatic heterocycles. The van der Waals surface area contributed by atoms with Crippen LogP contribution in [0.4, 0.5) is 5.69 Å². The zero-order valence-electron chi connectivity index (χ0n) is 10.7. The molecule has 1 aliphatic rings. The summed E-state index contributed by atoms with van der Waals surface area (Å²) in [7, 11) is 0. The van der Waals surface area contributed by atoms with Gasteiger partial charge in [0.25, 0.3) is 0 Å². The zero-order chi connectivity index (χ0) is 13.1. The van der Waals surface area contributed by atoms with Gasteiger partial charge < -0.3 is 10.4 Å². The van der Waals surface area contributed by atoms with Gasteiger partial charge in [-0.2, -0.15) is 0 Å². The van der Waals surface area contributed by atoms with Crippen molar-refractivity contribution in [3.05, 3.63) is 43.0 Å². The quantitative estimate of drug-likeness (QED) is 0.861. The first-order chi connectivity index (χ1) is 9.34. The smallest absolute Gasteiger partial charge is 0.0740 e. The van der Waals surface area contributed by atoms with Crippen LogP contribution in [-0.4, -0.2) is 27.7 Å². The first kappa shape index (κ1) is 12.1. The van der Waals surface area contributed by atoms with E-state index >= 15 is 0 Å². The molecule has 4 heteroatoms. The Hall–Kier alpha value is -1.94. The highest BCUT2D eigenvalue weighted by molar-refractivity contribution is 5.76. The number of nitrogens with zero attached hydrogens (tertiary/aromatic N) is 2. The van der Waals surface area contributed by atoms with E-state index < -0.39 is 0 Å². The number of aliphatic hydroxyl groups is 1. The Bertz CT molecular complexity index is 540.